The molecule has 0 aliphatic heterocycles. The topological polar surface area (TPSA) is 37.3 Å². The average molecular weight is 315 g/mol. The summed E-state index contributed by atoms with van der Waals surface area (Å²) in [4.78, 5) is 12.2. The first-order valence-electron chi connectivity index (χ1n) is 5.67. The van der Waals surface area contributed by atoms with Gasteiger partial charge >= 0.3 is 5.97 Å². The number of carboxylic acids is 1. The molecule has 1 saturated carbocycles. The van der Waals surface area contributed by atoms with Crippen LogP contribution >= 0.6 is 27.7 Å². The summed E-state index contributed by atoms with van der Waals surface area (Å²) >= 11 is 5.26. The van der Waals surface area contributed by atoms with Gasteiger partial charge in [0.25, 0.3) is 0 Å². The fourth-order valence-corrected chi connectivity index (χ4v) is 3.73. The third kappa shape index (κ3) is 3.05. The number of carboxylic acid groups (broad SMARTS) is 1. The summed E-state index contributed by atoms with van der Waals surface area (Å²) in [7, 11) is 0. The van der Waals surface area contributed by atoms with Crippen LogP contribution in [0.1, 0.15) is 30.7 Å². The zero-order chi connectivity index (χ0) is 12.4. The molecule has 1 unspecified atom stereocenters. The van der Waals surface area contributed by atoms with E-state index in [-0.39, 0.29) is 12.3 Å². The smallest absolute Gasteiger partial charge is 0.303 e. The van der Waals surface area contributed by atoms with E-state index in [1.165, 1.54) is 10.5 Å². The van der Waals surface area contributed by atoms with Crippen molar-refractivity contribution in [3.05, 3.63) is 28.2 Å². The minimum atomic E-state index is -0.704. The van der Waals surface area contributed by atoms with E-state index in [1.54, 1.807) is 11.8 Å². The Bertz CT molecular complexity index is 429. The maximum atomic E-state index is 11.0. The van der Waals surface area contributed by atoms with Crippen molar-refractivity contribution in [1.29, 1.82) is 0 Å². The fraction of sp³-hybridized carbons (Fsp3) is 0.462. The van der Waals surface area contributed by atoms with Gasteiger partial charge < -0.3 is 5.11 Å². The molecular weight excluding hydrogens is 300 g/mol. The van der Waals surface area contributed by atoms with E-state index >= 15 is 0 Å². The number of rotatable bonds is 5. The van der Waals surface area contributed by atoms with Crippen LogP contribution in [0.4, 0.5) is 0 Å². The van der Waals surface area contributed by atoms with Gasteiger partial charge in [-0.1, -0.05) is 22.0 Å². The maximum Gasteiger partial charge on any atom is 0.303 e. The van der Waals surface area contributed by atoms with Gasteiger partial charge in [0.2, 0.25) is 0 Å². The molecule has 17 heavy (non-hydrogen) atoms. The van der Waals surface area contributed by atoms with E-state index in [9.17, 15) is 4.79 Å². The van der Waals surface area contributed by atoms with Crippen LogP contribution in [0, 0.1) is 5.92 Å². The van der Waals surface area contributed by atoms with E-state index in [4.69, 9.17) is 5.11 Å². The Kier molecular flexibility index (Phi) is 4.15. The van der Waals surface area contributed by atoms with E-state index in [2.05, 4.69) is 22.0 Å². The number of hydrogen-bond acceptors (Lipinski definition) is 2. The first-order valence-corrected chi connectivity index (χ1v) is 7.69. The average Bonchev–Trinajstić information content (AvgIpc) is 3.09. The van der Waals surface area contributed by atoms with Gasteiger partial charge in [-0.15, -0.1) is 11.8 Å². The molecule has 0 heterocycles. The molecule has 0 amide bonds. The number of halogens is 1. The summed E-state index contributed by atoms with van der Waals surface area (Å²) in [5, 5.41) is 9.05. The van der Waals surface area contributed by atoms with Crippen molar-refractivity contribution >= 4 is 33.7 Å². The summed E-state index contributed by atoms with van der Waals surface area (Å²) in [6, 6.07) is 6.08. The van der Waals surface area contributed by atoms with Gasteiger partial charge in [0.05, 0.1) is 6.42 Å². The second-order valence-electron chi connectivity index (χ2n) is 4.40. The van der Waals surface area contributed by atoms with E-state index in [0.717, 1.165) is 17.3 Å². The Hall–Kier alpha value is -0.480. The highest BCUT2D eigenvalue weighted by Crippen LogP contribution is 2.48. The van der Waals surface area contributed by atoms with Gasteiger partial charge in [-0.3, -0.25) is 4.79 Å². The molecule has 1 aliphatic carbocycles. The van der Waals surface area contributed by atoms with Crippen molar-refractivity contribution in [2.24, 2.45) is 5.92 Å². The summed E-state index contributed by atoms with van der Waals surface area (Å²) in [6.45, 7) is 0. The van der Waals surface area contributed by atoms with Gasteiger partial charge in [-0.25, -0.2) is 0 Å². The lowest BCUT2D eigenvalue weighted by molar-refractivity contribution is -0.137. The van der Waals surface area contributed by atoms with Crippen LogP contribution in [-0.4, -0.2) is 17.3 Å². The molecule has 0 bridgehead atoms. The molecule has 2 rings (SSSR count). The number of thioether (sulfide) groups is 1. The quantitative estimate of drug-likeness (QED) is 0.830. The number of hydrogen-bond donors (Lipinski definition) is 1. The predicted octanol–water partition coefficient (Wildman–Crippen LogP) is 4.14. The summed E-state index contributed by atoms with van der Waals surface area (Å²) in [6.07, 6.45) is 4.59. The zero-order valence-corrected chi connectivity index (χ0v) is 12.1. The van der Waals surface area contributed by atoms with Crippen molar-refractivity contribution in [2.45, 2.75) is 30.1 Å². The molecule has 2 nitrogen and oxygen atoms in total. The van der Waals surface area contributed by atoms with Crippen LogP contribution < -0.4 is 0 Å². The largest absolute Gasteiger partial charge is 0.481 e. The minimum Gasteiger partial charge on any atom is -0.481 e. The van der Waals surface area contributed by atoms with E-state index < -0.39 is 5.97 Å². The van der Waals surface area contributed by atoms with Crippen LogP contribution in [0.25, 0.3) is 0 Å². The van der Waals surface area contributed by atoms with Crippen molar-refractivity contribution in [1.82, 2.24) is 0 Å². The van der Waals surface area contributed by atoms with Gasteiger partial charge in [0.15, 0.2) is 0 Å². The maximum absolute atomic E-state index is 11.0. The summed E-state index contributed by atoms with van der Waals surface area (Å²) in [5.74, 6) is 0.00549. The molecule has 1 aromatic carbocycles. The van der Waals surface area contributed by atoms with Crippen LogP contribution in [0.5, 0.6) is 0 Å². The Morgan fingerprint density at radius 1 is 1.59 bits per heavy atom. The highest BCUT2D eigenvalue weighted by Gasteiger charge is 2.35. The van der Waals surface area contributed by atoms with Crippen molar-refractivity contribution in [2.75, 3.05) is 6.26 Å². The molecule has 1 fully saturated rings. The SMILES string of the molecule is CSc1cccc(Br)c1C(CC(=O)O)C1CC1. The summed E-state index contributed by atoms with van der Waals surface area (Å²) in [5.41, 5.74) is 1.19. The molecule has 1 atom stereocenters. The molecule has 4 heteroatoms. The monoisotopic (exact) mass is 314 g/mol. The third-order valence-corrected chi connectivity index (χ3v) is 4.68. The van der Waals surface area contributed by atoms with E-state index in [0.29, 0.717) is 5.92 Å². The first-order chi connectivity index (χ1) is 8.13. The van der Waals surface area contributed by atoms with Gasteiger partial charge in [0, 0.05) is 9.37 Å². The molecular formula is C13H15BrO2S. The lowest BCUT2D eigenvalue weighted by Crippen LogP contribution is -2.10. The highest BCUT2D eigenvalue weighted by atomic mass is 79.9. The Labute approximate surface area is 114 Å². The molecule has 0 saturated heterocycles. The van der Waals surface area contributed by atoms with Crippen LogP contribution in [0.15, 0.2) is 27.6 Å². The molecule has 1 N–H and O–H groups in total. The van der Waals surface area contributed by atoms with Gasteiger partial charge in [-0.2, -0.15) is 0 Å². The summed E-state index contributed by atoms with van der Waals surface area (Å²) < 4.78 is 1.04. The number of benzene rings is 1. The first kappa shape index (κ1) is 13.0. The van der Waals surface area contributed by atoms with Crippen LogP contribution in [-0.2, 0) is 4.79 Å². The molecule has 0 radical (unpaired) electrons. The lowest BCUT2D eigenvalue weighted by atomic mass is 9.91. The van der Waals surface area contributed by atoms with E-state index in [1.807, 2.05) is 18.4 Å². The van der Waals surface area contributed by atoms with Crippen LogP contribution in [0.3, 0.4) is 0 Å². The second kappa shape index (κ2) is 5.44. The molecule has 1 aliphatic rings. The Balaban J connectivity index is 2.37. The predicted molar refractivity (Wildman–Crippen MR) is 73.6 cm³/mol. The van der Waals surface area contributed by atoms with Crippen molar-refractivity contribution < 1.29 is 9.90 Å². The third-order valence-electron chi connectivity index (χ3n) is 3.19. The van der Waals surface area contributed by atoms with Gasteiger partial charge in [0.1, 0.15) is 0 Å². The number of aliphatic carboxylic acids is 1. The van der Waals surface area contributed by atoms with Crippen molar-refractivity contribution in [3.8, 4) is 0 Å². The molecule has 92 valence electrons. The van der Waals surface area contributed by atoms with Crippen molar-refractivity contribution in [3.63, 3.8) is 0 Å². The Morgan fingerprint density at radius 3 is 2.82 bits per heavy atom. The van der Waals surface area contributed by atoms with Crippen LogP contribution in [0.2, 0.25) is 0 Å². The second-order valence-corrected chi connectivity index (χ2v) is 6.10. The Morgan fingerprint density at radius 2 is 2.29 bits per heavy atom. The zero-order valence-electron chi connectivity index (χ0n) is 9.65. The standard InChI is InChI=1S/C13H15BrO2S/c1-17-11-4-2-3-10(14)13(11)9(7-12(15)16)8-5-6-8/h2-4,8-9H,5-7H2,1H3,(H,15,16). The molecule has 0 aromatic heterocycles. The van der Waals surface area contributed by atoms with Gasteiger partial charge in [-0.05, 0) is 48.6 Å². The lowest BCUT2D eigenvalue weighted by Gasteiger charge is -2.19. The highest BCUT2D eigenvalue weighted by molar-refractivity contribution is 9.10. The fourth-order valence-electron chi connectivity index (χ4n) is 2.25. The minimum absolute atomic E-state index is 0.158. The molecule has 0 spiro atoms. The molecule has 1 aromatic rings. The normalized spacial score (nSPS) is 16.8. The number of carbonyl (C=O) groups is 1.